The summed E-state index contributed by atoms with van der Waals surface area (Å²) in [5.74, 6) is 2.07. The molecule has 0 saturated heterocycles. The first kappa shape index (κ1) is 10.1. The van der Waals surface area contributed by atoms with Gasteiger partial charge in [-0.3, -0.25) is 0 Å². The van der Waals surface area contributed by atoms with Crippen LogP contribution in [0, 0.1) is 17.3 Å². The Morgan fingerprint density at radius 1 is 1.25 bits per heavy atom. The van der Waals surface area contributed by atoms with Crippen LogP contribution < -0.4 is 0 Å². The monoisotopic (exact) mass is 168 g/mol. The first-order chi connectivity index (χ1) is 5.60. The molecule has 0 amide bonds. The average Bonchev–Trinajstić information content (AvgIpc) is 2.83. The molecule has 72 valence electrons. The normalized spacial score (nSPS) is 21.0. The lowest BCUT2D eigenvalue weighted by Crippen LogP contribution is -2.23. The summed E-state index contributed by atoms with van der Waals surface area (Å²) in [6.07, 6.45) is 7.22. The van der Waals surface area contributed by atoms with Crippen LogP contribution in [0.2, 0.25) is 0 Å². The van der Waals surface area contributed by atoms with Crippen molar-refractivity contribution in [2.24, 2.45) is 17.3 Å². The maximum absolute atomic E-state index is 2.43. The van der Waals surface area contributed by atoms with Crippen molar-refractivity contribution in [3.63, 3.8) is 0 Å². The van der Waals surface area contributed by atoms with Crippen LogP contribution in [0.4, 0.5) is 0 Å². The van der Waals surface area contributed by atoms with Gasteiger partial charge in [-0.1, -0.05) is 53.4 Å². The Kier molecular flexibility index (Phi) is 3.20. The molecule has 0 aliphatic heterocycles. The Balaban J connectivity index is 2.40. The highest BCUT2D eigenvalue weighted by molar-refractivity contribution is 4.83. The van der Waals surface area contributed by atoms with Crippen LogP contribution in [0.5, 0.6) is 0 Å². The second-order valence-electron chi connectivity index (χ2n) is 5.13. The van der Waals surface area contributed by atoms with Gasteiger partial charge in [0.05, 0.1) is 0 Å². The van der Waals surface area contributed by atoms with Gasteiger partial charge in [0.2, 0.25) is 0 Å². The van der Waals surface area contributed by atoms with E-state index in [4.69, 9.17) is 0 Å². The minimum atomic E-state index is 0.581. The largest absolute Gasteiger partial charge is 0.0651 e. The molecule has 0 nitrogen and oxygen atoms in total. The molecule has 1 unspecified atom stereocenters. The van der Waals surface area contributed by atoms with Gasteiger partial charge in [0.25, 0.3) is 0 Å². The van der Waals surface area contributed by atoms with Crippen LogP contribution in [-0.2, 0) is 0 Å². The van der Waals surface area contributed by atoms with E-state index in [1.165, 1.54) is 32.1 Å². The first-order valence-electron chi connectivity index (χ1n) is 5.60. The molecule has 1 atom stereocenters. The molecule has 0 N–H and O–H groups in total. The van der Waals surface area contributed by atoms with Crippen molar-refractivity contribution in [2.45, 2.75) is 59.8 Å². The highest BCUT2D eigenvalue weighted by Gasteiger charge is 2.32. The fourth-order valence-corrected chi connectivity index (χ4v) is 2.08. The summed E-state index contributed by atoms with van der Waals surface area (Å²) in [6, 6.07) is 0. The molecular formula is C12H24. The Morgan fingerprint density at radius 3 is 2.17 bits per heavy atom. The van der Waals surface area contributed by atoms with Crippen LogP contribution in [0.15, 0.2) is 0 Å². The molecule has 1 aliphatic rings. The summed E-state index contributed by atoms with van der Waals surface area (Å²) < 4.78 is 0. The van der Waals surface area contributed by atoms with Crippen molar-refractivity contribution in [2.75, 3.05) is 0 Å². The summed E-state index contributed by atoms with van der Waals surface area (Å²) in [5.41, 5.74) is 0.581. The van der Waals surface area contributed by atoms with Gasteiger partial charge in [-0.2, -0.15) is 0 Å². The van der Waals surface area contributed by atoms with E-state index >= 15 is 0 Å². The third-order valence-corrected chi connectivity index (χ3v) is 3.82. The highest BCUT2D eigenvalue weighted by atomic mass is 14.4. The van der Waals surface area contributed by atoms with Crippen molar-refractivity contribution in [3.8, 4) is 0 Å². The SMILES string of the molecule is CCC(CC1CC1)C(C)(C)CC. The van der Waals surface area contributed by atoms with Gasteiger partial charge in [-0.15, -0.1) is 0 Å². The molecule has 1 saturated carbocycles. The summed E-state index contributed by atoms with van der Waals surface area (Å²) >= 11 is 0. The zero-order valence-corrected chi connectivity index (χ0v) is 9.19. The third kappa shape index (κ3) is 2.50. The summed E-state index contributed by atoms with van der Waals surface area (Å²) in [4.78, 5) is 0. The molecule has 1 rings (SSSR count). The topological polar surface area (TPSA) is 0 Å². The van der Waals surface area contributed by atoms with Gasteiger partial charge >= 0.3 is 0 Å². The van der Waals surface area contributed by atoms with E-state index in [9.17, 15) is 0 Å². The molecule has 1 aliphatic carbocycles. The molecule has 0 heterocycles. The van der Waals surface area contributed by atoms with Crippen LogP contribution >= 0.6 is 0 Å². The lowest BCUT2D eigenvalue weighted by atomic mass is 9.73. The summed E-state index contributed by atoms with van der Waals surface area (Å²) in [7, 11) is 0. The zero-order valence-electron chi connectivity index (χ0n) is 9.19. The lowest BCUT2D eigenvalue weighted by Gasteiger charge is -2.33. The molecule has 12 heavy (non-hydrogen) atoms. The first-order valence-corrected chi connectivity index (χ1v) is 5.60. The summed E-state index contributed by atoms with van der Waals surface area (Å²) in [5, 5.41) is 0. The van der Waals surface area contributed by atoms with E-state index in [-0.39, 0.29) is 0 Å². The predicted octanol–water partition coefficient (Wildman–Crippen LogP) is 4.25. The fourth-order valence-electron chi connectivity index (χ4n) is 2.08. The molecule has 0 aromatic heterocycles. The molecule has 1 fully saturated rings. The smallest absolute Gasteiger partial charge is 0.0329 e. The Morgan fingerprint density at radius 2 is 1.83 bits per heavy atom. The minimum Gasteiger partial charge on any atom is -0.0651 e. The van der Waals surface area contributed by atoms with Crippen LogP contribution in [0.25, 0.3) is 0 Å². The lowest BCUT2D eigenvalue weighted by molar-refractivity contribution is 0.178. The van der Waals surface area contributed by atoms with Gasteiger partial charge in [-0.05, 0) is 23.7 Å². The Bertz CT molecular complexity index is 131. The van der Waals surface area contributed by atoms with E-state index in [2.05, 4.69) is 27.7 Å². The van der Waals surface area contributed by atoms with Crippen LogP contribution in [0.3, 0.4) is 0 Å². The van der Waals surface area contributed by atoms with E-state index in [0.717, 1.165) is 11.8 Å². The van der Waals surface area contributed by atoms with Crippen molar-refractivity contribution in [1.29, 1.82) is 0 Å². The van der Waals surface area contributed by atoms with E-state index < -0.39 is 0 Å². The van der Waals surface area contributed by atoms with Crippen molar-refractivity contribution >= 4 is 0 Å². The predicted molar refractivity (Wildman–Crippen MR) is 55.2 cm³/mol. The van der Waals surface area contributed by atoms with Crippen LogP contribution in [-0.4, -0.2) is 0 Å². The quantitative estimate of drug-likeness (QED) is 0.575. The molecular weight excluding hydrogens is 144 g/mol. The highest BCUT2D eigenvalue weighted by Crippen LogP contribution is 2.43. The van der Waals surface area contributed by atoms with Gasteiger partial charge in [0.1, 0.15) is 0 Å². The van der Waals surface area contributed by atoms with Crippen molar-refractivity contribution < 1.29 is 0 Å². The van der Waals surface area contributed by atoms with Crippen molar-refractivity contribution in [1.82, 2.24) is 0 Å². The second-order valence-corrected chi connectivity index (χ2v) is 5.13. The Hall–Kier alpha value is 0. The fraction of sp³-hybridized carbons (Fsp3) is 1.00. The van der Waals surface area contributed by atoms with E-state index in [1.807, 2.05) is 0 Å². The zero-order chi connectivity index (χ0) is 9.19. The standard InChI is InChI=1S/C12H24/c1-5-11(9-10-7-8-10)12(3,4)6-2/h10-11H,5-9H2,1-4H3. The van der Waals surface area contributed by atoms with Gasteiger partial charge in [-0.25, -0.2) is 0 Å². The maximum Gasteiger partial charge on any atom is -0.0329 e. The molecule has 0 radical (unpaired) electrons. The third-order valence-electron chi connectivity index (χ3n) is 3.82. The maximum atomic E-state index is 2.43. The summed E-state index contributed by atoms with van der Waals surface area (Å²) in [6.45, 7) is 9.55. The van der Waals surface area contributed by atoms with Crippen molar-refractivity contribution in [3.05, 3.63) is 0 Å². The van der Waals surface area contributed by atoms with Gasteiger partial charge in [0.15, 0.2) is 0 Å². The number of hydrogen-bond donors (Lipinski definition) is 0. The number of rotatable bonds is 5. The van der Waals surface area contributed by atoms with Gasteiger partial charge in [0, 0.05) is 0 Å². The number of hydrogen-bond acceptors (Lipinski definition) is 0. The second kappa shape index (κ2) is 3.81. The molecule has 0 heteroatoms. The molecule has 0 spiro atoms. The molecule has 0 aromatic carbocycles. The molecule has 0 aromatic rings. The Labute approximate surface area is 77.7 Å². The average molecular weight is 168 g/mol. The minimum absolute atomic E-state index is 0.581. The van der Waals surface area contributed by atoms with Crippen LogP contribution in [0.1, 0.15) is 59.8 Å². The van der Waals surface area contributed by atoms with E-state index in [0.29, 0.717) is 5.41 Å². The van der Waals surface area contributed by atoms with E-state index in [1.54, 1.807) is 0 Å². The molecule has 0 bridgehead atoms. The van der Waals surface area contributed by atoms with Gasteiger partial charge < -0.3 is 0 Å².